The fourth-order valence-corrected chi connectivity index (χ4v) is 1.75. The van der Waals surface area contributed by atoms with E-state index in [4.69, 9.17) is 12.2 Å². The van der Waals surface area contributed by atoms with Gasteiger partial charge in [0.2, 0.25) is 0 Å². The van der Waals surface area contributed by atoms with Crippen LogP contribution in [0.4, 0.5) is 11.4 Å². The summed E-state index contributed by atoms with van der Waals surface area (Å²) in [5.74, 6) is 0. The van der Waals surface area contributed by atoms with Gasteiger partial charge in [0.15, 0.2) is 5.11 Å². The molecule has 2 rings (SSSR count). The first-order valence-corrected chi connectivity index (χ1v) is 6.49. The Hall–Kier alpha value is -2.58. The second-order valence-electron chi connectivity index (χ2n) is 4.09. The van der Waals surface area contributed by atoms with Gasteiger partial charge in [-0.25, -0.2) is 5.43 Å². The zero-order valence-electron chi connectivity index (χ0n) is 10.9. The summed E-state index contributed by atoms with van der Waals surface area (Å²) >= 11 is 5.10. The zero-order chi connectivity index (χ0) is 15.1. The molecule has 0 radical (unpaired) electrons. The number of anilines is 1. The number of hydrazine groups is 1. The fraction of sp³-hybridized carbons (Fsp3) is 0.0769. The Morgan fingerprint density at radius 1 is 1.19 bits per heavy atom. The highest BCUT2D eigenvalue weighted by molar-refractivity contribution is 7.80. The van der Waals surface area contributed by atoms with Crippen molar-refractivity contribution in [1.82, 2.24) is 15.8 Å². The van der Waals surface area contributed by atoms with Crippen molar-refractivity contribution in [1.29, 1.82) is 0 Å². The molecule has 0 spiro atoms. The Labute approximate surface area is 126 Å². The third-order valence-electron chi connectivity index (χ3n) is 2.58. The van der Waals surface area contributed by atoms with Gasteiger partial charge >= 0.3 is 0 Å². The van der Waals surface area contributed by atoms with E-state index in [-0.39, 0.29) is 5.69 Å². The molecule has 8 heteroatoms. The lowest BCUT2D eigenvalue weighted by molar-refractivity contribution is -0.384. The largest absolute Gasteiger partial charge is 0.332 e. The molecule has 0 saturated carbocycles. The van der Waals surface area contributed by atoms with Crippen LogP contribution in [0.5, 0.6) is 0 Å². The highest BCUT2D eigenvalue weighted by Gasteiger charge is 2.04. The molecular formula is C13H13N5O2S. The third-order valence-corrected chi connectivity index (χ3v) is 2.78. The monoisotopic (exact) mass is 303 g/mol. The van der Waals surface area contributed by atoms with Crippen molar-refractivity contribution in [3.63, 3.8) is 0 Å². The second kappa shape index (κ2) is 7.27. The van der Waals surface area contributed by atoms with Crippen LogP contribution in [0.15, 0.2) is 48.8 Å². The highest BCUT2D eigenvalue weighted by Crippen LogP contribution is 2.15. The normalized spacial score (nSPS) is 9.90. The van der Waals surface area contributed by atoms with Crippen molar-refractivity contribution in [2.24, 2.45) is 0 Å². The Morgan fingerprint density at radius 2 is 1.86 bits per heavy atom. The molecular weight excluding hydrogens is 290 g/mol. The van der Waals surface area contributed by atoms with E-state index >= 15 is 0 Å². The predicted molar refractivity (Wildman–Crippen MR) is 83.5 cm³/mol. The van der Waals surface area contributed by atoms with E-state index in [0.29, 0.717) is 17.3 Å². The number of non-ortho nitro benzene ring substituents is 1. The van der Waals surface area contributed by atoms with E-state index in [1.54, 1.807) is 24.5 Å². The van der Waals surface area contributed by atoms with Gasteiger partial charge in [0, 0.05) is 36.8 Å². The quantitative estimate of drug-likeness (QED) is 0.442. The third kappa shape index (κ3) is 4.79. The van der Waals surface area contributed by atoms with E-state index < -0.39 is 4.92 Å². The van der Waals surface area contributed by atoms with Crippen LogP contribution < -0.4 is 16.2 Å². The lowest BCUT2D eigenvalue weighted by Gasteiger charge is -2.11. The van der Waals surface area contributed by atoms with Gasteiger partial charge in [0.1, 0.15) is 0 Å². The van der Waals surface area contributed by atoms with Gasteiger partial charge in [0.05, 0.1) is 4.92 Å². The number of pyridine rings is 1. The van der Waals surface area contributed by atoms with Gasteiger partial charge in [-0.2, -0.15) is 0 Å². The standard InChI is InChI=1S/C13H13N5O2S/c19-18(20)12-3-1-11(2-4-12)16-13(21)17-15-9-10-5-7-14-8-6-10/h1-8,15H,9H2,(H2,16,17,21). The molecule has 0 atom stereocenters. The Morgan fingerprint density at radius 3 is 2.48 bits per heavy atom. The topological polar surface area (TPSA) is 92.1 Å². The van der Waals surface area contributed by atoms with E-state index in [1.807, 2.05) is 12.1 Å². The molecule has 1 aromatic heterocycles. The van der Waals surface area contributed by atoms with E-state index in [1.165, 1.54) is 12.1 Å². The molecule has 7 nitrogen and oxygen atoms in total. The van der Waals surface area contributed by atoms with Crippen molar-refractivity contribution in [3.8, 4) is 0 Å². The van der Waals surface area contributed by atoms with E-state index in [2.05, 4.69) is 21.2 Å². The summed E-state index contributed by atoms with van der Waals surface area (Å²) in [7, 11) is 0. The Bertz CT molecular complexity index is 618. The number of nitrogens with one attached hydrogen (secondary N) is 3. The molecule has 0 fully saturated rings. The smallest absolute Gasteiger partial charge is 0.269 e. The van der Waals surface area contributed by atoms with Gasteiger partial charge in [-0.3, -0.25) is 20.5 Å². The van der Waals surface area contributed by atoms with Crippen LogP contribution in [-0.4, -0.2) is 15.0 Å². The number of nitro benzene ring substituents is 1. The SMILES string of the molecule is O=[N+]([O-])c1ccc(NC(=S)NNCc2ccncc2)cc1. The number of nitro groups is 1. The lowest BCUT2D eigenvalue weighted by Crippen LogP contribution is -2.39. The minimum Gasteiger partial charge on any atom is -0.332 e. The van der Waals surface area contributed by atoms with Gasteiger partial charge in [-0.05, 0) is 42.0 Å². The summed E-state index contributed by atoms with van der Waals surface area (Å²) < 4.78 is 0. The average Bonchev–Trinajstić information content (AvgIpc) is 2.49. The number of hydrogen-bond donors (Lipinski definition) is 3. The summed E-state index contributed by atoms with van der Waals surface area (Å²) in [6.45, 7) is 0.588. The zero-order valence-corrected chi connectivity index (χ0v) is 11.8. The van der Waals surface area contributed by atoms with Crippen molar-refractivity contribution >= 4 is 28.7 Å². The van der Waals surface area contributed by atoms with Crippen LogP contribution in [0.3, 0.4) is 0 Å². The Balaban J connectivity index is 1.78. The molecule has 1 aromatic carbocycles. The summed E-state index contributed by atoms with van der Waals surface area (Å²) in [6, 6.07) is 9.79. The molecule has 1 heterocycles. The first-order chi connectivity index (χ1) is 10.1. The van der Waals surface area contributed by atoms with E-state index in [9.17, 15) is 10.1 Å². The minimum atomic E-state index is -0.448. The predicted octanol–water partition coefficient (Wildman–Crippen LogP) is 1.98. The maximum atomic E-state index is 10.5. The maximum Gasteiger partial charge on any atom is 0.269 e. The van der Waals surface area contributed by atoms with Crippen molar-refractivity contribution in [3.05, 3.63) is 64.5 Å². The fourth-order valence-electron chi connectivity index (χ4n) is 1.56. The first kappa shape index (κ1) is 14.8. The summed E-state index contributed by atoms with van der Waals surface area (Å²) in [6.07, 6.45) is 3.43. The molecule has 0 aliphatic rings. The molecule has 0 bridgehead atoms. The summed E-state index contributed by atoms with van der Waals surface area (Å²) in [5, 5.41) is 13.8. The molecule has 0 aliphatic heterocycles. The van der Waals surface area contributed by atoms with Crippen LogP contribution in [0.25, 0.3) is 0 Å². The number of rotatable bonds is 5. The molecule has 0 saturated heterocycles. The number of thiocarbonyl (C=S) groups is 1. The molecule has 21 heavy (non-hydrogen) atoms. The molecule has 0 unspecified atom stereocenters. The van der Waals surface area contributed by atoms with Crippen LogP contribution in [0.2, 0.25) is 0 Å². The molecule has 2 aromatic rings. The Kier molecular flexibility index (Phi) is 5.13. The molecule has 0 aliphatic carbocycles. The summed E-state index contributed by atoms with van der Waals surface area (Å²) in [5.41, 5.74) is 7.57. The first-order valence-electron chi connectivity index (χ1n) is 6.08. The van der Waals surface area contributed by atoms with Gasteiger partial charge in [-0.15, -0.1) is 0 Å². The van der Waals surface area contributed by atoms with Gasteiger partial charge < -0.3 is 5.32 Å². The average molecular weight is 303 g/mol. The van der Waals surface area contributed by atoms with Crippen molar-refractivity contribution < 1.29 is 4.92 Å². The van der Waals surface area contributed by atoms with Crippen LogP contribution >= 0.6 is 12.2 Å². The minimum absolute atomic E-state index is 0.0373. The van der Waals surface area contributed by atoms with Crippen LogP contribution in [-0.2, 0) is 6.54 Å². The molecule has 3 N–H and O–H groups in total. The van der Waals surface area contributed by atoms with Crippen LogP contribution in [0, 0.1) is 10.1 Å². The van der Waals surface area contributed by atoms with Gasteiger partial charge in [0.25, 0.3) is 5.69 Å². The number of benzene rings is 1. The second-order valence-corrected chi connectivity index (χ2v) is 4.50. The van der Waals surface area contributed by atoms with E-state index in [0.717, 1.165) is 5.56 Å². The van der Waals surface area contributed by atoms with Crippen LogP contribution in [0.1, 0.15) is 5.56 Å². The summed E-state index contributed by atoms with van der Waals surface area (Å²) in [4.78, 5) is 14.0. The number of aromatic nitrogens is 1. The highest BCUT2D eigenvalue weighted by atomic mass is 32.1. The molecule has 108 valence electrons. The lowest BCUT2D eigenvalue weighted by atomic mass is 10.3. The van der Waals surface area contributed by atoms with Crippen molar-refractivity contribution in [2.45, 2.75) is 6.54 Å². The maximum absolute atomic E-state index is 10.5. The number of hydrogen-bond acceptors (Lipinski definition) is 5. The van der Waals surface area contributed by atoms with Crippen molar-refractivity contribution in [2.75, 3.05) is 5.32 Å². The van der Waals surface area contributed by atoms with Gasteiger partial charge in [-0.1, -0.05) is 0 Å². The number of nitrogens with zero attached hydrogens (tertiary/aromatic N) is 2. The molecule has 0 amide bonds.